The number of hydrogen-bond donors (Lipinski definition) is 1. The summed E-state index contributed by atoms with van der Waals surface area (Å²) in [6.07, 6.45) is 0.572. The van der Waals surface area contributed by atoms with Crippen LogP contribution in [0.2, 0.25) is 5.02 Å². The fourth-order valence-electron chi connectivity index (χ4n) is 2.98. The van der Waals surface area contributed by atoms with E-state index in [0.717, 1.165) is 28.3 Å². The summed E-state index contributed by atoms with van der Waals surface area (Å²) in [6.45, 7) is 2.09. The lowest BCUT2D eigenvalue weighted by molar-refractivity contribution is -0.116. The monoisotopic (exact) mass is 384 g/mol. The van der Waals surface area contributed by atoms with E-state index >= 15 is 0 Å². The highest BCUT2D eigenvalue weighted by molar-refractivity contribution is 8.13. The number of benzene rings is 2. The van der Waals surface area contributed by atoms with Gasteiger partial charge in [0.1, 0.15) is 5.70 Å². The molecule has 4 rings (SSSR count). The van der Waals surface area contributed by atoms with Crippen molar-refractivity contribution in [1.29, 1.82) is 0 Å². The minimum absolute atomic E-state index is 0.159. The molecule has 0 unspecified atom stereocenters. The Hall–Kier alpha value is -2.31. The summed E-state index contributed by atoms with van der Waals surface area (Å²) in [4.78, 5) is 17.7. The van der Waals surface area contributed by atoms with Gasteiger partial charge in [-0.15, -0.1) is 5.10 Å². The first-order valence-corrected chi connectivity index (χ1v) is 9.78. The molecule has 2 aliphatic rings. The highest BCUT2D eigenvalue weighted by Crippen LogP contribution is 2.31. The SMILES string of the molecule is CCCSC1=NN2C(=c3ccccc3=N[C@H]2c2cccc(Cl)c2)C(=O)N1. The van der Waals surface area contributed by atoms with E-state index in [1.807, 2.05) is 48.5 Å². The highest BCUT2D eigenvalue weighted by atomic mass is 35.5. The Labute approximate surface area is 160 Å². The maximum Gasteiger partial charge on any atom is 0.276 e. The predicted octanol–water partition coefficient (Wildman–Crippen LogP) is 2.63. The van der Waals surface area contributed by atoms with Crippen molar-refractivity contribution in [3.8, 4) is 0 Å². The lowest BCUT2D eigenvalue weighted by Crippen LogP contribution is -2.50. The quantitative estimate of drug-likeness (QED) is 0.885. The summed E-state index contributed by atoms with van der Waals surface area (Å²) in [5.74, 6) is 0.727. The van der Waals surface area contributed by atoms with Gasteiger partial charge in [0.05, 0.1) is 5.36 Å². The molecule has 2 aliphatic heterocycles. The van der Waals surface area contributed by atoms with E-state index in [0.29, 0.717) is 15.9 Å². The number of fused-ring (bicyclic) bond motifs is 2. The fraction of sp³-hybridized carbons (Fsp3) is 0.211. The molecule has 0 aliphatic carbocycles. The predicted molar refractivity (Wildman–Crippen MR) is 105 cm³/mol. The van der Waals surface area contributed by atoms with Gasteiger partial charge in [0.15, 0.2) is 11.3 Å². The summed E-state index contributed by atoms with van der Waals surface area (Å²) in [5.41, 5.74) is 1.41. The zero-order valence-corrected chi connectivity index (χ0v) is 15.7. The maximum atomic E-state index is 12.9. The van der Waals surface area contributed by atoms with Crippen LogP contribution in [0.4, 0.5) is 0 Å². The number of nitrogens with one attached hydrogen (secondary N) is 1. The first kappa shape index (κ1) is 17.1. The number of halogens is 1. The third-order valence-electron chi connectivity index (χ3n) is 4.11. The van der Waals surface area contributed by atoms with Gasteiger partial charge in [-0.2, -0.15) is 0 Å². The number of nitrogens with zero attached hydrogens (tertiary/aromatic N) is 3. The van der Waals surface area contributed by atoms with Crippen molar-refractivity contribution in [1.82, 2.24) is 10.3 Å². The van der Waals surface area contributed by atoms with Crippen molar-refractivity contribution in [2.75, 3.05) is 5.75 Å². The molecule has 2 aromatic rings. The normalized spacial score (nSPS) is 18.5. The molecule has 7 heteroatoms. The van der Waals surface area contributed by atoms with Crippen molar-refractivity contribution in [3.63, 3.8) is 0 Å². The van der Waals surface area contributed by atoms with Gasteiger partial charge in [0.25, 0.3) is 5.91 Å². The van der Waals surface area contributed by atoms with Gasteiger partial charge >= 0.3 is 0 Å². The van der Waals surface area contributed by atoms with Crippen LogP contribution in [0.5, 0.6) is 0 Å². The van der Waals surface area contributed by atoms with Crippen LogP contribution in [0, 0.1) is 0 Å². The largest absolute Gasteiger partial charge is 0.298 e. The number of rotatable bonds is 3. The topological polar surface area (TPSA) is 57.1 Å². The smallest absolute Gasteiger partial charge is 0.276 e. The summed E-state index contributed by atoms with van der Waals surface area (Å²) < 4.78 is 0. The minimum Gasteiger partial charge on any atom is -0.298 e. The van der Waals surface area contributed by atoms with Gasteiger partial charge in [-0.3, -0.25) is 15.1 Å². The number of para-hydroxylation sites is 1. The minimum atomic E-state index is -0.429. The molecular formula is C19H17ClN4OS. The zero-order chi connectivity index (χ0) is 18.1. The van der Waals surface area contributed by atoms with E-state index in [9.17, 15) is 4.79 Å². The van der Waals surface area contributed by atoms with Crippen molar-refractivity contribution >= 4 is 40.1 Å². The van der Waals surface area contributed by atoms with Gasteiger partial charge in [-0.05, 0) is 30.2 Å². The second-order valence-electron chi connectivity index (χ2n) is 5.98. The lowest BCUT2D eigenvalue weighted by atomic mass is 10.1. The fourth-order valence-corrected chi connectivity index (χ4v) is 3.88. The molecule has 0 saturated carbocycles. The molecule has 2 aromatic carbocycles. The molecule has 1 N–H and O–H groups in total. The Balaban J connectivity index is 1.90. The van der Waals surface area contributed by atoms with Crippen LogP contribution in [-0.4, -0.2) is 21.8 Å². The Morgan fingerprint density at radius 2 is 2.08 bits per heavy atom. The van der Waals surface area contributed by atoms with Crippen LogP contribution in [0.25, 0.3) is 5.70 Å². The number of thioether (sulfide) groups is 1. The first-order chi connectivity index (χ1) is 12.7. The van der Waals surface area contributed by atoms with E-state index in [1.165, 1.54) is 11.8 Å². The van der Waals surface area contributed by atoms with Gasteiger partial charge < -0.3 is 0 Å². The van der Waals surface area contributed by atoms with Gasteiger partial charge in [0, 0.05) is 16.0 Å². The number of carbonyl (C=O) groups is 1. The van der Waals surface area contributed by atoms with E-state index in [2.05, 4.69) is 17.3 Å². The van der Waals surface area contributed by atoms with Gasteiger partial charge in [-0.1, -0.05) is 60.6 Å². The molecule has 0 aromatic heterocycles. The van der Waals surface area contributed by atoms with Gasteiger partial charge in [0.2, 0.25) is 0 Å². The summed E-state index contributed by atoms with van der Waals surface area (Å²) in [7, 11) is 0. The second-order valence-corrected chi connectivity index (χ2v) is 7.50. The van der Waals surface area contributed by atoms with Crippen LogP contribution in [0.15, 0.2) is 58.6 Å². The van der Waals surface area contributed by atoms with Crippen LogP contribution < -0.4 is 15.9 Å². The standard InChI is InChI=1S/C19H17ClN4OS/c1-2-10-26-19-22-18(25)16-14-8-3-4-9-15(14)21-17(24(16)23-19)12-6-5-7-13(20)11-12/h3-9,11,17H,2,10H2,1H3,(H,22,23,25)/t17-/m1/s1. The van der Waals surface area contributed by atoms with Crippen molar-refractivity contribution in [2.24, 2.45) is 10.1 Å². The number of hydrogen-bond acceptors (Lipinski definition) is 5. The van der Waals surface area contributed by atoms with Crippen LogP contribution in [0.3, 0.4) is 0 Å². The van der Waals surface area contributed by atoms with E-state index in [4.69, 9.17) is 16.6 Å². The number of hydrazone groups is 1. The molecule has 0 saturated heterocycles. The third kappa shape index (κ3) is 3.10. The molecule has 0 spiro atoms. The van der Waals surface area contributed by atoms with Crippen LogP contribution in [-0.2, 0) is 4.79 Å². The Bertz CT molecular complexity index is 1020. The number of amidine groups is 1. The average Bonchev–Trinajstić information content (AvgIpc) is 2.65. The molecular weight excluding hydrogens is 368 g/mol. The van der Waals surface area contributed by atoms with E-state index in [-0.39, 0.29) is 5.91 Å². The van der Waals surface area contributed by atoms with Crippen molar-refractivity contribution in [2.45, 2.75) is 19.5 Å². The molecule has 132 valence electrons. The first-order valence-electron chi connectivity index (χ1n) is 8.42. The molecule has 1 atom stereocenters. The summed E-state index contributed by atoms with van der Waals surface area (Å²) >= 11 is 7.71. The Morgan fingerprint density at radius 3 is 2.88 bits per heavy atom. The van der Waals surface area contributed by atoms with Gasteiger partial charge in [-0.25, -0.2) is 5.01 Å². The highest BCUT2D eigenvalue weighted by Gasteiger charge is 2.34. The zero-order valence-electron chi connectivity index (χ0n) is 14.1. The van der Waals surface area contributed by atoms with E-state index < -0.39 is 6.17 Å². The molecule has 1 amide bonds. The summed E-state index contributed by atoms with van der Waals surface area (Å²) in [5, 5.41) is 12.1. The molecule has 26 heavy (non-hydrogen) atoms. The lowest BCUT2D eigenvalue weighted by Gasteiger charge is -2.34. The third-order valence-corrected chi connectivity index (χ3v) is 5.41. The molecule has 0 radical (unpaired) electrons. The maximum absolute atomic E-state index is 12.9. The summed E-state index contributed by atoms with van der Waals surface area (Å²) in [6, 6.07) is 15.1. The van der Waals surface area contributed by atoms with E-state index in [1.54, 1.807) is 5.01 Å². The Morgan fingerprint density at radius 1 is 1.23 bits per heavy atom. The average molecular weight is 385 g/mol. The van der Waals surface area contributed by atoms with Crippen molar-refractivity contribution in [3.05, 3.63) is 69.7 Å². The number of amides is 1. The molecule has 0 bridgehead atoms. The second kappa shape index (κ2) is 7.13. The molecule has 5 nitrogen and oxygen atoms in total. The van der Waals surface area contributed by atoms with Crippen molar-refractivity contribution < 1.29 is 4.79 Å². The molecule has 2 heterocycles. The Kier molecular flexibility index (Phi) is 4.70. The number of carbonyl (C=O) groups excluding carboxylic acids is 1. The van der Waals surface area contributed by atoms with Crippen LogP contribution >= 0.6 is 23.4 Å². The van der Waals surface area contributed by atoms with Crippen LogP contribution in [0.1, 0.15) is 25.1 Å². The molecule has 0 fully saturated rings.